The number of amides is 2. The number of rotatable bonds is 3. The Bertz CT molecular complexity index is 1460. The van der Waals surface area contributed by atoms with Crippen LogP contribution < -0.4 is 10.2 Å². The van der Waals surface area contributed by atoms with Gasteiger partial charge in [0, 0.05) is 30.7 Å². The molecule has 0 spiro atoms. The molecule has 7 nitrogen and oxygen atoms in total. The van der Waals surface area contributed by atoms with Gasteiger partial charge in [0.05, 0.1) is 16.9 Å². The van der Waals surface area contributed by atoms with Crippen LogP contribution in [0, 0.1) is 6.92 Å². The Labute approximate surface area is 197 Å². The molecule has 0 fully saturated rings. The molecule has 1 atom stereocenters. The molecule has 34 heavy (non-hydrogen) atoms. The van der Waals surface area contributed by atoms with Crippen LogP contribution in [0.5, 0.6) is 0 Å². The van der Waals surface area contributed by atoms with Gasteiger partial charge in [-0.25, -0.2) is 4.98 Å². The molecule has 2 aromatic carbocycles. The molecule has 170 valence electrons. The average Bonchev–Trinajstić information content (AvgIpc) is 3.17. The lowest BCUT2D eigenvalue weighted by molar-refractivity contribution is -0.116. The first-order valence-electron chi connectivity index (χ1n) is 11.5. The molecule has 2 aliphatic heterocycles. The van der Waals surface area contributed by atoms with Gasteiger partial charge in [-0.05, 0) is 48.7 Å². The van der Waals surface area contributed by atoms with Gasteiger partial charge in [0.1, 0.15) is 18.5 Å². The number of nitrogens with one attached hydrogen (secondary N) is 1. The molecule has 4 aromatic rings. The van der Waals surface area contributed by atoms with Crippen molar-refractivity contribution in [2.75, 3.05) is 23.8 Å². The van der Waals surface area contributed by atoms with Crippen LogP contribution in [0.2, 0.25) is 0 Å². The van der Waals surface area contributed by atoms with Crippen LogP contribution in [0.3, 0.4) is 0 Å². The van der Waals surface area contributed by atoms with Gasteiger partial charge in [0.2, 0.25) is 5.91 Å². The minimum Gasteiger partial charge on any atom is -0.349 e. The summed E-state index contributed by atoms with van der Waals surface area (Å²) in [5.41, 5.74) is 5.75. The number of para-hydroxylation sites is 2. The first-order valence-corrected chi connectivity index (χ1v) is 11.5. The Morgan fingerprint density at radius 2 is 1.88 bits per heavy atom. The SMILES string of the molecule is Cc1cccnc1NC(=O)Cn1c2c(c3ccccc31)CCN1C(=O)c3ccccc3N(C)[C@@H]21. The van der Waals surface area contributed by atoms with E-state index in [0.29, 0.717) is 12.4 Å². The number of fused-ring (bicyclic) bond motifs is 6. The van der Waals surface area contributed by atoms with Gasteiger partial charge in [-0.15, -0.1) is 0 Å². The van der Waals surface area contributed by atoms with Crippen molar-refractivity contribution in [3.63, 3.8) is 0 Å². The topological polar surface area (TPSA) is 70.5 Å². The quantitative estimate of drug-likeness (QED) is 0.509. The van der Waals surface area contributed by atoms with E-state index < -0.39 is 0 Å². The third-order valence-electron chi connectivity index (χ3n) is 6.97. The molecule has 0 bridgehead atoms. The van der Waals surface area contributed by atoms with Gasteiger partial charge >= 0.3 is 0 Å². The summed E-state index contributed by atoms with van der Waals surface area (Å²) in [6.07, 6.45) is 2.15. The fourth-order valence-corrected chi connectivity index (χ4v) is 5.41. The monoisotopic (exact) mass is 451 g/mol. The lowest BCUT2D eigenvalue weighted by Gasteiger charge is -2.46. The first kappa shape index (κ1) is 20.5. The fraction of sp³-hybridized carbons (Fsp3) is 0.222. The van der Waals surface area contributed by atoms with Crippen molar-refractivity contribution < 1.29 is 9.59 Å². The molecular weight excluding hydrogens is 426 g/mol. The highest BCUT2D eigenvalue weighted by atomic mass is 16.2. The van der Waals surface area contributed by atoms with Crippen molar-refractivity contribution in [3.8, 4) is 0 Å². The van der Waals surface area contributed by atoms with E-state index in [1.165, 1.54) is 5.56 Å². The van der Waals surface area contributed by atoms with Gasteiger partial charge in [-0.1, -0.05) is 36.4 Å². The number of benzene rings is 2. The summed E-state index contributed by atoms with van der Waals surface area (Å²) in [6.45, 7) is 2.70. The van der Waals surface area contributed by atoms with E-state index in [-0.39, 0.29) is 24.5 Å². The zero-order chi connectivity index (χ0) is 23.4. The van der Waals surface area contributed by atoms with Crippen molar-refractivity contribution in [3.05, 3.63) is 89.2 Å². The van der Waals surface area contributed by atoms with Crippen molar-refractivity contribution in [2.45, 2.75) is 26.1 Å². The van der Waals surface area contributed by atoms with E-state index in [9.17, 15) is 9.59 Å². The van der Waals surface area contributed by atoms with E-state index in [1.807, 2.05) is 67.4 Å². The van der Waals surface area contributed by atoms with Gasteiger partial charge in [-0.2, -0.15) is 0 Å². The lowest BCUT2D eigenvalue weighted by atomic mass is 9.96. The van der Waals surface area contributed by atoms with Crippen LogP contribution in [0.15, 0.2) is 66.9 Å². The molecule has 0 saturated heterocycles. The number of carbonyl (C=O) groups is 2. The third kappa shape index (κ3) is 3.00. The van der Waals surface area contributed by atoms with Crippen LogP contribution in [0.1, 0.15) is 33.3 Å². The number of carbonyl (C=O) groups excluding carboxylic acids is 2. The maximum atomic E-state index is 13.4. The summed E-state index contributed by atoms with van der Waals surface area (Å²) in [5.74, 6) is 0.459. The Kier molecular flexibility index (Phi) is 4.65. The predicted octanol–water partition coefficient (Wildman–Crippen LogP) is 4.13. The third-order valence-corrected chi connectivity index (χ3v) is 6.97. The van der Waals surface area contributed by atoms with Crippen molar-refractivity contribution >= 4 is 34.2 Å². The minimum absolute atomic E-state index is 0.0368. The highest BCUT2D eigenvalue weighted by Crippen LogP contribution is 2.44. The highest BCUT2D eigenvalue weighted by Gasteiger charge is 2.42. The summed E-state index contributed by atoms with van der Waals surface area (Å²) < 4.78 is 2.08. The van der Waals surface area contributed by atoms with E-state index in [4.69, 9.17) is 0 Å². The van der Waals surface area contributed by atoms with Crippen LogP contribution in [0.4, 0.5) is 11.5 Å². The van der Waals surface area contributed by atoms with E-state index in [2.05, 4.69) is 31.9 Å². The smallest absolute Gasteiger partial charge is 0.257 e. The number of nitrogens with zero attached hydrogens (tertiary/aromatic N) is 4. The van der Waals surface area contributed by atoms with Gasteiger partial charge in [-0.3, -0.25) is 9.59 Å². The van der Waals surface area contributed by atoms with E-state index in [0.717, 1.165) is 39.8 Å². The number of aromatic nitrogens is 2. The van der Waals surface area contributed by atoms with Gasteiger partial charge < -0.3 is 19.7 Å². The number of aryl methyl sites for hydroxylation is 1. The molecule has 7 heteroatoms. The molecule has 0 radical (unpaired) electrons. The van der Waals surface area contributed by atoms with Crippen LogP contribution in [-0.2, 0) is 17.8 Å². The Hall–Kier alpha value is -4.13. The molecule has 0 aliphatic carbocycles. The molecule has 4 heterocycles. The normalized spacial score (nSPS) is 16.8. The minimum atomic E-state index is -0.275. The Morgan fingerprint density at radius 1 is 1.09 bits per heavy atom. The highest BCUT2D eigenvalue weighted by molar-refractivity contribution is 6.03. The van der Waals surface area contributed by atoms with Crippen molar-refractivity contribution in [1.29, 1.82) is 0 Å². The molecule has 1 N–H and O–H groups in total. The number of hydrogen-bond acceptors (Lipinski definition) is 4. The second kappa shape index (κ2) is 7.73. The van der Waals surface area contributed by atoms with Gasteiger partial charge in [0.25, 0.3) is 5.91 Å². The number of anilines is 2. The Balaban J connectivity index is 1.47. The van der Waals surface area contributed by atoms with Crippen LogP contribution in [0.25, 0.3) is 10.9 Å². The van der Waals surface area contributed by atoms with Crippen molar-refractivity contribution in [2.24, 2.45) is 0 Å². The number of hydrogen-bond donors (Lipinski definition) is 1. The maximum absolute atomic E-state index is 13.4. The predicted molar refractivity (Wildman–Crippen MR) is 132 cm³/mol. The molecule has 2 aromatic heterocycles. The van der Waals surface area contributed by atoms with Crippen LogP contribution in [-0.4, -0.2) is 39.9 Å². The molecular formula is C27H25N5O2. The standard InChI is InChI=1S/C27H25N5O2/c1-17-8-7-14-28-25(17)29-23(33)16-32-22-12-6-3-9-18(22)19-13-15-31-26(24(19)32)30(2)21-11-5-4-10-20(21)27(31)34/h3-12,14,26H,13,15-16H2,1-2H3,(H,28,29,33)/t26-/m1/s1. The summed E-state index contributed by atoms with van der Waals surface area (Å²) in [5, 5.41) is 4.10. The lowest BCUT2D eigenvalue weighted by Crippen LogP contribution is -2.51. The fourth-order valence-electron chi connectivity index (χ4n) is 5.41. The first-order chi connectivity index (χ1) is 16.5. The molecule has 0 unspecified atom stereocenters. The summed E-state index contributed by atoms with van der Waals surface area (Å²) in [7, 11) is 2.03. The summed E-state index contributed by atoms with van der Waals surface area (Å²) in [6, 6.07) is 19.7. The van der Waals surface area contributed by atoms with E-state index in [1.54, 1.807) is 6.20 Å². The molecule has 6 rings (SSSR count). The molecule has 2 aliphatic rings. The second-order valence-electron chi connectivity index (χ2n) is 8.93. The average molecular weight is 452 g/mol. The van der Waals surface area contributed by atoms with Crippen molar-refractivity contribution in [1.82, 2.24) is 14.5 Å². The second-order valence-corrected chi connectivity index (χ2v) is 8.93. The molecule has 0 saturated carbocycles. The molecule has 2 amide bonds. The van der Waals surface area contributed by atoms with Crippen LogP contribution >= 0.6 is 0 Å². The Morgan fingerprint density at radius 3 is 2.74 bits per heavy atom. The summed E-state index contributed by atoms with van der Waals surface area (Å²) in [4.78, 5) is 35.0. The van der Waals surface area contributed by atoms with Gasteiger partial charge in [0.15, 0.2) is 0 Å². The zero-order valence-electron chi connectivity index (χ0n) is 19.2. The number of pyridine rings is 1. The zero-order valence-corrected chi connectivity index (χ0v) is 19.2. The largest absolute Gasteiger partial charge is 0.349 e. The van der Waals surface area contributed by atoms with E-state index >= 15 is 0 Å². The maximum Gasteiger partial charge on any atom is 0.257 e. The summed E-state index contributed by atoms with van der Waals surface area (Å²) >= 11 is 0.